The normalized spacial score (nSPS) is 15.6. The molecule has 0 saturated carbocycles. The Hall–Kier alpha value is -2.36. The lowest BCUT2D eigenvalue weighted by Crippen LogP contribution is -2.31. The largest absolute Gasteiger partial charge is 0.480 e. The van der Waals surface area contributed by atoms with Gasteiger partial charge in [-0.3, -0.25) is 10.1 Å². The number of amides is 1. The van der Waals surface area contributed by atoms with Crippen molar-refractivity contribution in [2.75, 3.05) is 11.9 Å². The molecule has 2 N–H and O–H groups in total. The average Bonchev–Trinajstić information content (AvgIpc) is 3.11. The van der Waals surface area contributed by atoms with E-state index in [1.54, 1.807) is 6.20 Å². The van der Waals surface area contributed by atoms with Crippen LogP contribution in [0.15, 0.2) is 30.5 Å². The fourth-order valence-electron chi connectivity index (χ4n) is 2.03. The van der Waals surface area contributed by atoms with Crippen LogP contribution in [0.25, 0.3) is 0 Å². The molecule has 0 radical (unpaired) electrons. The van der Waals surface area contributed by atoms with Gasteiger partial charge in [-0.05, 0) is 11.6 Å². The SMILES string of the molecule is O=C(Nc1ncc(C#CCO)s1)C1Cc2ccccc2O1. The van der Waals surface area contributed by atoms with Gasteiger partial charge in [0.15, 0.2) is 11.2 Å². The topological polar surface area (TPSA) is 71.5 Å². The number of aliphatic hydroxyl groups excluding tert-OH is 1. The van der Waals surface area contributed by atoms with E-state index in [4.69, 9.17) is 9.84 Å². The Kier molecular flexibility index (Phi) is 3.86. The van der Waals surface area contributed by atoms with E-state index in [2.05, 4.69) is 22.1 Å². The average molecular weight is 300 g/mol. The summed E-state index contributed by atoms with van der Waals surface area (Å²) in [6.07, 6.45) is 1.59. The van der Waals surface area contributed by atoms with E-state index in [9.17, 15) is 4.79 Å². The molecule has 1 unspecified atom stereocenters. The molecule has 1 aromatic carbocycles. The molecule has 0 bridgehead atoms. The number of hydrogen-bond donors (Lipinski definition) is 2. The van der Waals surface area contributed by atoms with E-state index >= 15 is 0 Å². The van der Waals surface area contributed by atoms with Crippen molar-refractivity contribution in [3.05, 3.63) is 40.9 Å². The second-order valence-electron chi connectivity index (χ2n) is 4.40. The molecule has 0 spiro atoms. The first kappa shape index (κ1) is 13.6. The van der Waals surface area contributed by atoms with Crippen molar-refractivity contribution in [2.24, 2.45) is 0 Å². The Bertz CT molecular complexity index is 705. The molecule has 5 nitrogen and oxygen atoms in total. The molecule has 2 aromatic rings. The molecule has 0 fully saturated rings. The second-order valence-corrected chi connectivity index (χ2v) is 5.43. The summed E-state index contributed by atoms with van der Waals surface area (Å²) in [5.41, 5.74) is 1.03. The minimum atomic E-state index is -0.529. The summed E-state index contributed by atoms with van der Waals surface area (Å²) in [5, 5.41) is 11.8. The van der Waals surface area contributed by atoms with Crippen molar-refractivity contribution in [1.82, 2.24) is 4.98 Å². The van der Waals surface area contributed by atoms with E-state index in [1.165, 1.54) is 11.3 Å². The van der Waals surface area contributed by atoms with Crippen LogP contribution in [-0.4, -0.2) is 28.7 Å². The van der Waals surface area contributed by atoms with Crippen molar-refractivity contribution in [2.45, 2.75) is 12.5 Å². The van der Waals surface area contributed by atoms with Crippen LogP contribution in [0.3, 0.4) is 0 Å². The number of nitrogens with zero attached hydrogens (tertiary/aromatic N) is 1. The van der Waals surface area contributed by atoms with Gasteiger partial charge in [0.2, 0.25) is 0 Å². The number of nitrogens with one attached hydrogen (secondary N) is 1. The third kappa shape index (κ3) is 3.05. The molecule has 6 heteroatoms. The Morgan fingerprint density at radius 1 is 1.52 bits per heavy atom. The number of rotatable bonds is 2. The lowest BCUT2D eigenvalue weighted by molar-refractivity contribution is -0.122. The van der Waals surface area contributed by atoms with Crippen LogP contribution in [0.2, 0.25) is 0 Å². The van der Waals surface area contributed by atoms with Crippen LogP contribution >= 0.6 is 11.3 Å². The first-order chi connectivity index (χ1) is 10.3. The molecule has 1 amide bonds. The van der Waals surface area contributed by atoms with Crippen LogP contribution in [0.5, 0.6) is 5.75 Å². The van der Waals surface area contributed by atoms with Crippen molar-refractivity contribution in [3.63, 3.8) is 0 Å². The maximum Gasteiger partial charge on any atom is 0.267 e. The van der Waals surface area contributed by atoms with Gasteiger partial charge in [0.1, 0.15) is 12.4 Å². The summed E-state index contributed by atoms with van der Waals surface area (Å²) in [5.74, 6) is 5.82. The highest BCUT2D eigenvalue weighted by atomic mass is 32.1. The van der Waals surface area contributed by atoms with Gasteiger partial charge in [-0.15, -0.1) is 0 Å². The Labute approximate surface area is 125 Å². The van der Waals surface area contributed by atoms with Gasteiger partial charge in [0.25, 0.3) is 5.91 Å². The van der Waals surface area contributed by atoms with Gasteiger partial charge in [0.05, 0.1) is 11.1 Å². The van der Waals surface area contributed by atoms with E-state index in [1.807, 2.05) is 24.3 Å². The van der Waals surface area contributed by atoms with Crippen molar-refractivity contribution in [1.29, 1.82) is 0 Å². The van der Waals surface area contributed by atoms with Crippen molar-refractivity contribution >= 4 is 22.4 Å². The number of carbonyl (C=O) groups excluding carboxylic acids is 1. The summed E-state index contributed by atoms with van der Waals surface area (Å²) < 4.78 is 5.62. The van der Waals surface area contributed by atoms with Crippen LogP contribution in [0, 0.1) is 11.8 Å². The first-order valence-electron chi connectivity index (χ1n) is 6.37. The number of hydrogen-bond acceptors (Lipinski definition) is 5. The van der Waals surface area contributed by atoms with Gasteiger partial charge >= 0.3 is 0 Å². The third-order valence-electron chi connectivity index (χ3n) is 2.97. The molecule has 0 saturated heterocycles. The molecular weight excluding hydrogens is 288 g/mol. The fourth-order valence-corrected chi connectivity index (χ4v) is 2.72. The minimum absolute atomic E-state index is 0.201. The van der Waals surface area contributed by atoms with E-state index in [0.717, 1.165) is 11.3 Å². The number of fused-ring (bicyclic) bond motifs is 1. The molecule has 1 aliphatic rings. The second kappa shape index (κ2) is 5.95. The minimum Gasteiger partial charge on any atom is -0.480 e. The third-order valence-corrected chi connectivity index (χ3v) is 3.79. The summed E-state index contributed by atoms with van der Waals surface area (Å²) in [6.45, 7) is -0.201. The number of benzene rings is 1. The molecule has 21 heavy (non-hydrogen) atoms. The summed E-state index contributed by atoms with van der Waals surface area (Å²) in [4.78, 5) is 16.9. The molecule has 0 aliphatic carbocycles. The molecule has 1 atom stereocenters. The molecule has 1 aromatic heterocycles. The lowest BCUT2D eigenvalue weighted by Gasteiger charge is -2.09. The van der Waals surface area contributed by atoms with Gasteiger partial charge in [-0.25, -0.2) is 4.98 Å². The standard InChI is InChI=1S/C15H12N2O3S/c18-7-3-5-11-9-16-15(21-11)17-14(19)13-8-10-4-1-2-6-12(10)20-13/h1-2,4,6,9,13,18H,7-8H2,(H,16,17,19). The zero-order chi connectivity index (χ0) is 14.7. The predicted molar refractivity (Wildman–Crippen MR) is 79.3 cm³/mol. The number of thiazole rings is 1. The fraction of sp³-hybridized carbons (Fsp3) is 0.200. The highest BCUT2D eigenvalue weighted by Gasteiger charge is 2.29. The summed E-state index contributed by atoms with van der Waals surface area (Å²) in [7, 11) is 0. The number of aromatic nitrogens is 1. The van der Waals surface area contributed by atoms with Crippen LogP contribution in [0.4, 0.5) is 5.13 Å². The van der Waals surface area contributed by atoms with Crippen LogP contribution in [0.1, 0.15) is 10.4 Å². The molecule has 1 aliphatic heterocycles. The van der Waals surface area contributed by atoms with E-state index in [0.29, 0.717) is 16.4 Å². The van der Waals surface area contributed by atoms with Crippen molar-refractivity contribution in [3.8, 4) is 17.6 Å². The van der Waals surface area contributed by atoms with Gasteiger partial charge < -0.3 is 9.84 Å². The quantitative estimate of drug-likeness (QED) is 0.823. The maximum absolute atomic E-state index is 12.2. The Morgan fingerprint density at radius 3 is 3.19 bits per heavy atom. The number of carbonyl (C=O) groups is 1. The number of para-hydroxylation sites is 1. The molecule has 106 valence electrons. The molecule has 2 heterocycles. The number of anilines is 1. The van der Waals surface area contributed by atoms with Crippen LogP contribution in [-0.2, 0) is 11.2 Å². The van der Waals surface area contributed by atoms with E-state index < -0.39 is 6.10 Å². The Morgan fingerprint density at radius 2 is 2.38 bits per heavy atom. The highest BCUT2D eigenvalue weighted by molar-refractivity contribution is 7.16. The molecular formula is C15H12N2O3S. The number of ether oxygens (including phenoxy) is 1. The lowest BCUT2D eigenvalue weighted by atomic mass is 10.1. The zero-order valence-electron chi connectivity index (χ0n) is 11.0. The summed E-state index contributed by atoms with van der Waals surface area (Å²) >= 11 is 1.26. The van der Waals surface area contributed by atoms with E-state index in [-0.39, 0.29) is 12.5 Å². The van der Waals surface area contributed by atoms with Gasteiger partial charge in [-0.1, -0.05) is 41.4 Å². The predicted octanol–water partition coefficient (Wildman–Crippen LogP) is 1.43. The number of aliphatic hydroxyl groups is 1. The van der Waals surface area contributed by atoms with Gasteiger partial charge in [-0.2, -0.15) is 0 Å². The smallest absolute Gasteiger partial charge is 0.267 e. The van der Waals surface area contributed by atoms with Gasteiger partial charge in [0, 0.05) is 6.42 Å². The molecule has 3 rings (SSSR count). The Balaban J connectivity index is 1.64. The first-order valence-corrected chi connectivity index (χ1v) is 7.19. The summed E-state index contributed by atoms with van der Waals surface area (Å²) in [6, 6.07) is 7.62. The zero-order valence-corrected chi connectivity index (χ0v) is 11.8. The monoisotopic (exact) mass is 300 g/mol. The highest BCUT2D eigenvalue weighted by Crippen LogP contribution is 2.29. The maximum atomic E-state index is 12.2. The van der Waals surface area contributed by atoms with Crippen molar-refractivity contribution < 1.29 is 14.6 Å². The van der Waals surface area contributed by atoms with Crippen LogP contribution < -0.4 is 10.1 Å².